The van der Waals surface area contributed by atoms with E-state index in [2.05, 4.69) is 20.8 Å². The molecule has 4 heterocycles. The number of esters is 1. The van der Waals surface area contributed by atoms with E-state index in [0.717, 1.165) is 38.5 Å². The first-order valence-electron chi connectivity index (χ1n) is 24.2. The summed E-state index contributed by atoms with van der Waals surface area (Å²) < 4.78 is 41.7. The number of ether oxygens (including phenoxy) is 7. The Kier molecular flexibility index (Phi) is 13.3. The zero-order valence-corrected chi connectivity index (χ0v) is 38.6. The molecule has 0 aromatic carbocycles. The molecule has 5 saturated carbocycles. The molecule has 11 N–H and O–H groups in total. The first-order chi connectivity index (χ1) is 31.2. The average Bonchev–Trinajstić information content (AvgIpc) is 3.91. The van der Waals surface area contributed by atoms with Crippen LogP contribution >= 0.6 is 0 Å². The van der Waals surface area contributed by atoms with Crippen molar-refractivity contribution in [2.45, 2.75) is 197 Å². The SMILES string of the molecule is CC1=CCC(C(C)C2C(O)CC3(C)C4CCC5C(C)(CO)C(OC6OCC(O)C(O)C6OC6OC(CO)C(OC7OC(CO)C(O)C(O)C7O)C(O)C6O)CCC56CC46CCC23C)OC1=O. The molecule has 9 rings (SSSR count). The molecule has 26 unspecified atom stereocenters. The van der Waals surface area contributed by atoms with Crippen molar-refractivity contribution in [2.24, 2.45) is 50.7 Å². The van der Waals surface area contributed by atoms with Gasteiger partial charge in [-0.1, -0.05) is 33.8 Å². The van der Waals surface area contributed by atoms with Crippen molar-refractivity contribution in [1.82, 2.24) is 0 Å². The number of hydrogen-bond donors (Lipinski definition) is 11. The van der Waals surface area contributed by atoms with Gasteiger partial charge in [0.15, 0.2) is 18.9 Å². The lowest BCUT2D eigenvalue weighted by Gasteiger charge is -2.63. The van der Waals surface area contributed by atoms with Crippen molar-refractivity contribution < 1.29 is 94.1 Å². The number of aliphatic hydroxyl groups is 11. The summed E-state index contributed by atoms with van der Waals surface area (Å²) in [5, 5.41) is 119. The minimum absolute atomic E-state index is 0.0245. The number of cyclic esters (lactones) is 1. The van der Waals surface area contributed by atoms with Gasteiger partial charge in [-0.2, -0.15) is 0 Å². The van der Waals surface area contributed by atoms with Crippen LogP contribution in [0.25, 0.3) is 0 Å². The molecule has 3 saturated heterocycles. The van der Waals surface area contributed by atoms with E-state index >= 15 is 0 Å². The van der Waals surface area contributed by atoms with E-state index in [4.69, 9.17) is 33.2 Å². The Bertz CT molecular complexity index is 1820. The number of carbonyl (C=O) groups excluding carboxylic acids is 1. The normalized spacial score (nSPS) is 56.2. The van der Waals surface area contributed by atoms with Gasteiger partial charge < -0.3 is 89.3 Å². The van der Waals surface area contributed by atoms with Crippen LogP contribution in [0.1, 0.15) is 92.4 Å². The van der Waals surface area contributed by atoms with Gasteiger partial charge >= 0.3 is 5.97 Å². The Morgan fingerprint density at radius 2 is 1.33 bits per heavy atom. The Balaban J connectivity index is 0.896. The van der Waals surface area contributed by atoms with Gasteiger partial charge in [0.2, 0.25) is 0 Å². The molecule has 5 aliphatic carbocycles. The van der Waals surface area contributed by atoms with Crippen LogP contribution in [0.15, 0.2) is 11.6 Å². The molecule has 66 heavy (non-hydrogen) atoms. The summed E-state index contributed by atoms with van der Waals surface area (Å²) in [6.45, 7) is 8.63. The van der Waals surface area contributed by atoms with Crippen LogP contribution in [0, 0.1) is 50.7 Å². The fourth-order valence-corrected chi connectivity index (χ4v) is 15.9. The molecule has 8 fully saturated rings. The maximum Gasteiger partial charge on any atom is 0.333 e. The largest absolute Gasteiger partial charge is 0.458 e. The topological polar surface area (TPSA) is 304 Å². The maximum atomic E-state index is 12.6. The highest BCUT2D eigenvalue weighted by molar-refractivity contribution is 5.88. The summed E-state index contributed by atoms with van der Waals surface area (Å²) in [5.41, 5.74) is -0.520. The average molecular weight is 943 g/mol. The summed E-state index contributed by atoms with van der Waals surface area (Å²) in [6.07, 6.45) is -14.9. The predicted molar refractivity (Wildman–Crippen MR) is 225 cm³/mol. The van der Waals surface area contributed by atoms with Gasteiger partial charge in [-0.05, 0) is 104 Å². The summed E-state index contributed by atoms with van der Waals surface area (Å²) in [6, 6.07) is 0. The van der Waals surface area contributed by atoms with Gasteiger partial charge in [-0.15, -0.1) is 0 Å². The number of carbonyl (C=O) groups is 1. The van der Waals surface area contributed by atoms with E-state index in [1.54, 1.807) is 6.92 Å². The van der Waals surface area contributed by atoms with E-state index < -0.39 is 117 Å². The highest BCUT2D eigenvalue weighted by Crippen LogP contribution is 2.89. The van der Waals surface area contributed by atoms with E-state index in [9.17, 15) is 61.0 Å². The molecule has 376 valence electrons. The van der Waals surface area contributed by atoms with Crippen molar-refractivity contribution in [2.75, 3.05) is 26.4 Å². The fourth-order valence-electron chi connectivity index (χ4n) is 15.9. The number of fused-ring (bicyclic) bond motifs is 2. The molecule has 0 radical (unpaired) electrons. The van der Waals surface area contributed by atoms with Crippen LogP contribution in [0.5, 0.6) is 0 Å². The smallest absolute Gasteiger partial charge is 0.333 e. The van der Waals surface area contributed by atoms with E-state index in [0.29, 0.717) is 30.8 Å². The molecule has 2 spiro atoms. The lowest BCUT2D eigenvalue weighted by molar-refractivity contribution is -0.384. The van der Waals surface area contributed by atoms with Crippen molar-refractivity contribution in [3.05, 3.63) is 11.6 Å². The van der Waals surface area contributed by atoms with Crippen LogP contribution in [-0.2, 0) is 38.0 Å². The zero-order chi connectivity index (χ0) is 47.6. The summed E-state index contributed by atoms with van der Waals surface area (Å²) >= 11 is 0. The third kappa shape index (κ3) is 7.26. The zero-order valence-electron chi connectivity index (χ0n) is 38.6. The van der Waals surface area contributed by atoms with Crippen molar-refractivity contribution in [1.29, 1.82) is 0 Å². The highest BCUT2D eigenvalue weighted by atomic mass is 16.8. The number of hydrogen-bond acceptors (Lipinski definition) is 19. The van der Waals surface area contributed by atoms with E-state index in [1.807, 2.05) is 13.0 Å². The van der Waals surface area contributed by atoms with Crippen LogP contribution in [0.2, 0.25) is 0 Å². The third-order valence-corrected chi connectivity index (χ3v) is 19.6. The first kappa shape index (κ1) is 49.5. The molecule has 26 atom stereocenters. The van der Waals surface area contributed by atoms with Crippen molar-refractivity contribution in [3.63, 3.8) is 0 Å². The number of rotatable bonds is 11. The van der Waals surface area contributed by atoms with Crippen LogP contribution in [0.3, 0.4) is 0 Å². The predicted octanol–water partition coefficient (Wildman–Crippen LogP) is -1.26. The van der Waals surface area contributed by atoms with Gasteiger partial charge in [0.05, 0.1) is 38.6 Å². The van der Waals surface area contributed by atoms with Crippen LogP contribution in [-0.4, -0.2) is 193 Å². The Labute approximate surface area is 384 Å². The summed E-state index contributed by atoms with van der Waals surface area (Å²) in [4.78, 5) is 12.6. The van der Waals surface area contributed by atoms with Crippen molar-refractivity contribution in [3.8, 4) is 0 Å². The van der Waals surface area contributed by atoms with Gasteiger partial charge in [0, 0.05) is 17.4 Å². The minimum Gasteiger partial charge on any atom is -0.458 e. The molecule has 9 aliphatic rings. The fraction of sp³-hybridized carbons (Fsp3) is 0.936. The lowest BCUT2D eigenvalue weighted by Crippen LogP contribution is -2.66. The second-order valence-corrected chi connectivity index (χ2v) is 22.4. The molecule has 19 nitrogen and oxygen atoms in total. The second-order valence-electron chi connectivity index (χ2n) is 22.4. The molecule has 0 aromatic rings. The Morgan fingerprint density at radius 1 is 0.697 bits per heavy atom. The monoisotopic (exact) mass is 942 g/mol. The molecule has 4 aliphatic heterocycles. The Hall–Kier alpha value is -1.47. The van der Waals surface area contributed by atoms with Crippen LogP contribution in [0.4, 0.5) is 0 Å². The highest BCUT2D eigenvalue weighted by Gasteiger charge is 2.83. The Morgan fingerprint density at radius 3 is 2.00 bits per heavy atom. The third-order valence-electron chi connectivity index (χ3n) is 19.6. The maximum absolute atomic E-state index is 12.6. The summed E-state index contributed by atoms with van der Waals surface area (Å²) in [7, 11) is 0. The van der Waals surface area contributed by atoms with Crippen molar-refractivity contribution >= 4 is 5.97 Å². The lowest BCUT2D eigenvalue weighted by atomic mass is 9.41. The second kappa shape index (κ2) is 17.7. The molecule has 0 aromatic heterocycles. The van der Waals surface area contributed by atoms with Gasteiger partial charge in [-0.3, -0.25) is 0 Å². The molecule has 19 heteroatoms. The van der Waals surface area contributed by atoms with E-state index in [-0.39, 0.29) is 64.7 Å². The van der Waals surface area contributed by atoms with Gasteiger partial charge in [-0.25, -0.2) is 4.79 Å². The molecule has 0 bridgehead atoms. The van der Waals surface area contributed by atoms with Gasteiger partial charge in [0.1, 0.15) is 73.2 Å². The first-order valence-corrected chi connectivity index (χ1v) is 24.2. The molecular formula is C47H74O19. The summed E-state index contributed by atoms with van der Waals surface area (Å²) in [5.74, 6) is 0.0703. The van der Waals surface area contributed by atoms with Crippen LogP contribution < -0.4 is 0 Å². The van der Waals surface area contributed by atoms with E-state index in [1.165, 1.54) is 0 Å². The standard InChI is InChI=1S/C47H74O19/c1-20-6-7-24(61-39(20)59)21(2)30-22(51)14-45(5)28-9-8-27-43(3,19-50)29(10-11-46(27)18-47(28,46)13-12-44(30,45)4)64-42-38(31(53)23(52)17-60-42)66-41-36(58)34(56)37(26(16-49)63-41)65-40-35(57)33(55)32(54)25(15-48)62-40/h6,21-38,40-42,48-58H,7-19H2,1-5H3. The van der Waals surface area contributed by atoms with Gasteiger partial charge in [0.25, 0.3) is 0 Å². The number of aliphatic hydroxyl groups excluding tert-OH is 11. The quantitative estimate of drug-likeness (QED) is 0.0851. The minimum atomic E-state index is -1.92. The molecule has 0 amide bonds. The molecular weight excluding hydrogens is 868 g/mol.